The molecule has 5 aromatic carbocycles. The second-order valence-electron chi connectivity index (χ2n) is 18.8. The van der Waals surface area contributed by atoms with Gasteiger partial charge in [-0.3, -0.25) is 44.4 Å². The average Bonchev–Trinajstić information content (AvgIpc) is 3.92. The van der Waals surface area contributed by atoms with Gasteiger partial charge in [0, 0.05) is 56.8 Å². The minimum atomic E-state index is -1.16. The van der Waals surface area contributed by atoms with E-state index in [2.05, 4.69) is 20.5 Å². The summed E-state index contributed by atoms with van der Waals surface area (Å²) in [6, 6.07) is 31.8. The summed E-state index contributed by atoms with van der Waals surface area (Å²) in [5.74, 6) is -2.91. The first-order valence-corrected chi connectivity index (χ1v) is 25.3. The average molecular weight is 1010 g/mol. The number of amides is 5. The number of thiazole rings is 1. The Morgan fingerprint density at radius 2 is 1.58 bits per heavy atom. The molecule has 0 bridgehead atoms. The van der Waals surface area contributed by atoms with Crippen molar-refractivity contribution in [3.05, 3.63) is 160 Å². The molecule has 0 spiro atoms. The number of rotatable bonds is 13. The summed E-state index contributed by atoms with van der Waals surface area (Å²) < 4.78 is 22.8. The molecule has 1 unspecified atom stereocenters. The maximum Gasteiger partial charge on any atom is 0.355 e. The van der Waals surface area contributed by atoms with Gasteiger partial charge in [-0.25, -0.2) is 19.2 Å². The molecule has 374 valence electrons. The monoisotopic (exact) mass is 1010 g/mol. The van der Waals surface area contributed by atoms with Gasteiger partial charge in [-0.2, -0.15) is 0 Å². The number of hydrogen-bond donors (Lipinski definition) is 3. The van der Waals surface area contributed by atoms with E-state index in [-0.39, 0.29) is 41.3 Å². The number of halogens is 1. The smallest absolute Gasteiger partial charge is 0.355 e. The lowest BCUT2D eigenvalue weighted by molar-refractivity contribution is -0.136. The Morgan fingerprint density at radius 1 is 0.811 bits per heavy atom. The zero-order valence-corrected chi connectivity index (χ0v) is 41.0. The van der Waals surface area contributed by atoms with Crippen LogP contribution in [0.4, 0.5) is 21.0 Å². The molecule has 2 aromatic heterocycles. The van der Waals surface area contributed by atoms with E-state index in [4.69, 9.17) is 9.72 Å². The van der Waals surface area contributed by atoms with Crippen LogP contribution in [0, 0.1) is 12.7 Å². The van der Waals surface area contributed by atoms with Crippen molar-refractivity contribution in [2.75, 3.05) is 54.4 Å². The molecule has 16 nitrogen and oxygen atoms in total. The van der Waals surface area contributed by atoms with Crippen LogP contribution in [-0.2, 0) is 29.0 Å². The number of pyridine rings is 1. The maximum atomic E-state index is 15.5. The maximum absolute atomic E-state index is 15.5. The van der Waals surface area contributed by atoms with Crippen LogP contribution in [0.25, 0.3) is 21.3 Å². The summed E-state index contributed by atoms with van der Waals surface area (Å²) in [5.41, 5.74) is 6.40. The number of carboxylic acid groups (broad SMARTS) is 1. The number of benzene rings is 5. The SMILES string of the molecule is Cc1c(Oc2ccc(CCCN3CCN(c4cc5c(cc4F)C(=O)N(C4CCC(=O)NC4=O)C5=O)CC3)cc2)cccc1-c1ccc(N2CCc3cccc(C(=O)Nc4nc5ccccc5s4)c3C2)nc1C(=O)O. The molecule has 2 fully saturated rings. The Hall–Kier alpha value is -8.35. The van der Waals surface area contributed by atoms with Crippen LogP contribution >= 0.6 is 11.3 Å². The van der Waals surface area contributed by atoms with Gasteiger partial charge in [0.05, 0.1) is 27.0 Å². The highest BCUT2D eigenvalue weighted by Gasteiger charge is 2.45. The number of para-hydroxylation sites is 1. The van der Waals surface area contributed by atoms with Gasteiger partial charge in [0.25, 0.3) is 17.7 Å². The summed E-state index contributed by atoms with van der Waals surface area (Å²) in [5, 5.41) is 16.2. The summed E-state index contributed by atoms with van der Waals surface area (Å²) >= 11 is 1.42. The van der Waals surface area contributed by atoms with Crippen LogP contribution < -0.4 is 25.2 Å². The molecular weight excluding hydrogens is 964 g/mol. The van der Waals surface area contributed by atoms with E-state index in [9.17, 15) is 33.9 Å². The van der Waals surface area contributed by atoms with Crippen molar-refractivity contribution in [3.8, 4) is 22.6 Å². The lowest BCUT2D eigenvalue weighted by atomic mass is 9.94. The Bertz CT molecular complexity index is 3410. The zero-order chi connectivity index (χ0) is 51.2. The molecule has 4 aliphatic heterocycles. The molecule has 2 saturated heterocycles. The number of anilines is 3. The van der Waals surface area contributed by atoms with Gasteiger partial charge in [0.1, 0.15) is 29.2 Å². The van der Waals surface area contributed by atoms with Crippen LogP contribution in [0.1, 0.15) is 83.1 Å². The third kappa shape index (κ3) is 9.33. The van der Waals surface area contributed by atoms with Gasteiger partial charge in [-0.1, -0.05) is 59.9 Å². The first-order chi connectivity index (χ1) is 35.9. The molecule has 18 heteroatoms. The number of carbonyl (C=O) groups excluding carboxylic acids is 5. The molecule has 74 heavy (non-hydrogen) atoms. The van der Waals surface area contributed by atoms with Gasteiger partial charge in [-0.05, 0) is 128 Å². The number of ether oxygens (including phenoxy) is 1. The Labute approximate surface area is 428 Å². The molecule has 5 amide bonds. The lowest BCUT2D eigenvalue weighted by Gasteiger charge is -2.36. The normalized spacial score (nSPS) is 16.8. The highest BCUT2D eigenvalue weighted by atomic mass is 32.1. The highest BCUT2D eigenvalue weighted by Crippen LogP contribution is 2.37. The number of imide groups is 2. The second-order valence-corrected chi connectivity index (χ2v) is 19.9. The Kier molecular flexibility index (Phi) is 12.9. The van der Waals surface area contributed by atoms with Crippen molar-refractivity contribution in [2.24, 2.45) is 0 Å². The highest BCUT2D eigenvalue weighted by molar-refractivity contribution is 7.22. The first kappa shape index (κ1) is 47.9. The Morgan fingerprint density at radius 3 is 2.35 bits per heavy atom. The molecule has 7 aromatic rings. The number of carbonyl (C=O) groups is 6. The predicted molar refractivity (Wildman–Crippen MR) is 277 cm³/mol. The molecule has 6 heterocycles. The third-order valence-corrected chi connectivity index (χ3v) is 15.3. The van der Waals surface area contributed by atoms with Gasteiger partial charge in [0.15, 0.2) is 10.8 Å². The lowest BCUT2D eigenvalue weighted by Crippen LogP contribution is -2.54. The third-order valence-electron chi connectivity index (χ3n) is 14.3. The number of piperidine rings is 1. The zero-order valence-electron chi connectivity index (χ0n) is 40.2. The minimum absolute atomic E-state index is 0.00125. The van der Waals surface area contributed by atoms with Crippen LogP contribution in [-0.4, -0.2) is 106 Å². The molecule has 11 rings (SSSR count). The molecule has 0 aliphatic carbocycles. The Balaban J connectivity index is 0.691. The van der Waals surface area contributed by atoms with Crippen molar-refractivity contribution >= 4 is 73.7 Å². The van der Waals surface area contributed by atoms with E-state index in [1.165, 1.54) is 17.4 Å². The van der Waals surface area contributed by atoms with E-state index in [1.807, 2.05) is 102 Å². The van der Waals surface area contributed by atoms with Gasteiger partial charge >= 0.3 is 5.97 Å². The summed E-state index contributed by atoms with van der Waals surface area (Å²) in [6.45, 7) is 6.08. The van der Waals surface area contributed by atoms with Crippen molar-refractivity contribution in [3.63, 3.8) is 0 Å². The van der Waals surface area contributed by atoms with Crippen molar-refractivity contribution < 1.29 is 43.0 Å². The van der Waals surface area contributed by atoms with E-state index in [0.717, 1.165) is 62.8 Å². The fraction of sp³-hybridized carbons (Fsp3) is 0.250. The standard InChI is InChI=1S/C56H49FN8O8S/c1-32-36(37-18-20-48(59-50(37)55(71)72)64-24-22-34-8-4-10-38(41(34)31-64)51(67)61-56-58-43-11-2-3-13-47(43)74-56)9-5-12-46(32)73-35-16-14-33(15-17-35)7-6-23-62-25-27-63(28-26-62)45-30-40-39(29-42(45)57)53(69)65(54(40)70)44-19-21-49(66)60-52(44)68/h2-5,8-18,20,29-30,44H,6-7,19,21-28,31H2,1H3,(H,71,72)(H,58,61,67)(H,60,66,68). The number of piperazine rings is 1. The fourth-order valence-electron chi connectivity index (χ4n) is 10.4. The van der Waals surface area contributed by atoms with Crippen molar-refractivity contribution in [1.82, 2.24) is 25.1 Å². The van der Waals surface area contributed by atoms with E-state index >= 15 is 4.39 Å². The number of fused-ring (bicyclic) bond motifs is 3. The number of hydrogen-bond acceptors (Lipinski definition) is 13. The number of aromatic nitrogens is 2. The van der Waals surface area contributed by atoms with Gasteiger partial charge < -0.3 is 19.6 Å². The molecule has 4 aliphatic rings. The molecule has 0 saturated carbocycles. The number of aryl methyl sites for hydroxylation is 1. The first-order valence-electron chi connectivity index (χ1n) is 24.5. The molecular formula is C56H49FN8O8S. The number of nitrogens with one attached hydrogen (secondary N) is 2. The molecule has 0 radical (unpaired) electrons. The number of nitrogens with zero attached hydrogens (tertiary/aromatic N) is 6. The minimum Gasteiger partial charge on any atom is -0.476 e. The van der Waals surface area contributed by atoms with Crippen LogP contribution in [0.5, 0.6) is 11.5 Å². The van der Waals surface area contributed by atoms with Crippen molar-refractivity contribution in [2.45, 2.75) is 51.6 Å². The van der Waals surface area contributed by atoms with E-state index in [0.29, 0.717) is 84.8 Å². The largest absolute Gasteiger partial charge is 0.476 e. The molecule has 3 N–H and O–H groups in total. The van der Waals surface area contributed by atoms with Gasteiger partial charge in [0.2, 0.25) is 11.8 Å². The predicted octanol–water partition coefficient (Wildman–Crippen LogP) is 8.27. The summed E-state index contributed by atoms with van der Waals surface area (Å²) in [7, 11) is 0. The van der Waals surface area contributed by atoms with Crippen molar-refractivity contribution in [1.29, 1.82) is 0 Å². The fourth-order valence-corrected chi connectivity index (χ4v) is 11.3. The van der Waals surface area contributed by atoms with E-state index in [1.54, 1.807) is 12.1 Å². The second kappa shape index (κ2) is 19.9. The van der Waals surface area contributed by atoms with Gasteiger partial charge in [-0.15, -0.1) is 0 Å². The van der Waals surface area contributed by atoms with Crippen LogP contribution in [0.3, 0.4) is 0 Å². The quantitative estimate of drug-likeness (QED) is 0.0936. The van der Waals surface area contributed by atoms with Crippen LogP contribution in [0.2, 0.25) is 0 Å². The number of aromatic carboxylic acids is 1. The number of carboxylic acids is 1. The van der Waals surface area contributed by atoms with Crippen LogP contribution in [0.15, 0.2) is 109 Å². The topological polar surface area (TPSA) is 195 Å². The molecule has 1 atom stereocenters. The summed E-state index contributed by atoms with van der Waals surface area (Å²) in [6.07, 6.45) is 2.38. The summed E-state index contributed by atoms with van der Waals surface area (Å²) in [4.78, 5) is 93.4. The van der Waals surface area contributed by atoms with E-state index < -0.39 is 41.5 Å².